The van der Waals surface area contributed by atoms with Gasteiger partial charge < -0.3 is 25.0 Å². The van der Waals surface area contributed by atoms with E-state index in [0.29, 0.717) is 67.0 Å². The van der Waals surface area contributed by atoms with Crippen molar-refractivity contribution in [3.8, 4) is 16.9 Å². The number of pyridine rings is 1. The van der Waals surface area contributed by atoms with Crippen molar-refractivity contribution in [1.29, 1.82) is 0 Å². The molecule has 1 saturated heterocycles. The van der Waals surface area contributed by atoms with Crippen LogP contribution >= 0.6 is 0 Å². The molecule has 2 aromatic heterocycles. The molecule has 1 aliphatic rings. The van der Waals surface area contributed by atoms with Gasteiger partial charge in [0.25, 0.3) is 11.8 Å². The van der Waals surface area contributed by atoms with Crippen molar-refractivity contribution >= 4 is 29.1 Å². The number of fused-ring (bicyclic) bond motifs is 1. The molecule has 5 aromatic rings. The molecule has 43 heavy (non-hydrogen) atoms. The minimum absolute atomic E-state index is 0.0533. The highest BCUT2D eigenvalue weighted by atomic mass is 16.5. The van der Waals surface area contributed by atoms with Gasteiger partial charge in [0.1, 0.15) is 5.75 Å². The summed E-state index contributed by atoms with van der Waals surface area (Å²) in [6.07, 6.45) is 1.89. The summed E-state index contributed by atoms with van der Waals surface area (Å²) in [6, 6.07) is 24.7. The van der Waals surface area contributed by atoms with Crippen molar-refractivity contribution < 1.29 is 19.1 Å². The number of carbonyl (C=O) groups excluding carboxylic acids is 2. The van der Waals surface area contributed by atoms with Crippen LogP contribution in [0.1, 0.15) is 31.8 Å². The Kier molecular flexibility index (Phi) is 8.01. The van der Waals surface area contributed by atoms with Crippen LogP contribution in [-0.4, -0.2) is 64.7 Å². The number of aryl methyl sites for hydroxylation is 1. The average molecular weight is 577 g/mol. The number of anilines is 2. The molecule has 1 fully saturated rings. The first-order chi connectivity index (χ1) is 21.0. The fourth-order valence-electron chi connectivity index (χ4n) is 4.91. The van der Waals surface area contributed by atoms with Crippen molar-refractivity contribution in [3.05, 3.63) is 107 Å². The van der Waals surface area contributed by atoms with Gasteiger partial charge in [0.05, 0.1) is 26.0 Å². The van der Waals surface area contributed by atoms with E-state index in [1.165, 1.54) is 5.56 Å². The van der Waals surface area contributed by atoms with E-state index in [1.54, 1.807) is 34.7 Å². The van der Waals surface area contributed by atoms with Gasteiger partial charge in [-0.3, -0.25) is 9.59 Å². The van der Waals surface area contributed by atoms with Crippen LogP contribution in [0, 0.1) is 6.92 Å². The number of benzene rings is 3. The van der Waals surface area contributed by atoms with Crippen LogP contribution in [0.2, 0.25) is 0 Å². The summed E-state index contributed by atoms with van der Waals surface area (Å²) in [7, 11) is 1.56. The summed E-state index contributed by atoms with van der Waals surface area (Å²) in [6.45, 7) is 4.74. The van der Waals surface area contributed by atoms with E-state index in [4.69, 9.17) is 9.47 Å². The molecular formula is C33H32N6O4. The summed E-state index contributed by atoms with van der Waals surface area (Å²) in [5.74, 6) is 0.732. The van der Waals surface area contributed by atoms with Gasteiger partial charge in [-0.05, 0) is 60.5 Å². The molecular weight excluding hydrogens is 544 g/mol. The molecule has 0 bridgehead atoms. The molecule has 0 spiro atoms. The standard InChI is InChI=1S/C33H32N6O4/c1-22-3-5-23(6-4-22)20-34-31(40)25-9-7-24(8-10-25)27-12-14-30-36-33(37-39(30)21-27)35-28-13-11-26(19-29(28)42-2)32(41)38-15-17-43-18-16-38/h3-14,19,21H,15-18,20H2,1-2H3,(H,34,40)(H,35,37). The van der Waals surface area contributed by atoms with Crippen molar-refractivity contribution in [1.82, 2.24) is 24.8 Å². The normalized spacial score (nSPS) is 13.1. The Bertz CT molecular complexity index is 1760. The number of rotatable bonds is 8. The molecule has 218 valence electrons. The molecule has 0 atom stereocenters. The third-order valence-corrected chi connectivity index (χ3v) is 7.38. The maximum absolute atomic E-state index is 12.9. The second-order valence-corrected chi connectivity index (χ2v) is 10.3. The largest absolute Gasteiger partial charge is 0.495 e. The van der Waals surface area contributed by atoms with E-state index in [-0.39, 0.29) is 11.8 Å². The van der Waals surface area contributed by atoms with Crippen LogP contribution in [0.4, 0.5) is 11.6 Å². The van der Waals surface area contributed by atoms with Gasteiger partial charge in [0, 0.05) is 42.5 Å². The quantitative estimate of drug-likeness (QED) is 0.272. The van der Waals surface area contributed by atoms with Gasteiger partial charge in [-0.15, -0.1) is 5.10 Å². The summed E-state index contributed by atoms with van der Waals surface area (Å²) < 4.78 is 12.6. The smallest absolute Gasteiger partial charge is 0.254 e. The second kappa shape index (κ2) is 12.3. The van der Waals surface area contributed by atoms with Crippen molar-refractivity contribution in [2.24, 2.45) is 0 Å². The maximum atomic E-state index is 12.9. The SMILES string of the molecule is COc1cc(C(=O)N2CCOCC2)ccc1Nc1nc2ccc(-c3ccc(C(=O)NCc4ccc(C)cc4)cc3)cn2n1. The maximum Gasteiger partial charge on any atom is 0.254 e. The molecule has 10 nitrogen and oxygen atoms in total. The lowest BCUT2D eigenvalue weighted by molar-refractivity contribution is 0.0302. The van der Waals surface area contributed by atoms with Crippen molar-refractivity contribution in [2.75, 3.05) is 38.7 Å². The summed E-state index contributed by atoms with van der Waals surface area (Å²) in [5.41, 5.74) is 6.57. The first-order valence-corrected chi connectivity index (χ1v) is 14.1. The van der Waals surface area contributed by atoms with Crippen LogP contribution in [0.5, 0.6) is 5.75 Å². The number of hydrogen-bond donors (Lipinski definition) is 2. The Hall–Kier alpha value is -5.22. The van der Waals surface area contributed by atoms with E-state index in [2.05, 4.69) is 20.7 Å². The zero-order valence-corrected chi connectivity index (χ0v) is 24.0. The molecule has 2 amide bonds. The molecule has 3 aromatic carbocycles. The molecule has 0 aliphatic carbocycles. The third-order valence-electron chi connectivity index (χ3n) is 7.38. The number of ether oxygens (including phenoxy) is 2. The molecule has 0 saturated carbocycles. The number of aromatic nitrogens is 3. The predicted molar refractivity (Wildman–Crippen MR) is 164 cm³/mol. The lowest BCUT2D eigenvalue weighted by Crippen LogP contribution is -2.40. The number of hydrogen-bond acceptors (Lipinski definition) is 7. The summed E-state index contributed by atoms with van der Waals surface area (Å²) in [5, 5.41) is 10.8. The van der Waals surface area contributed by atoms with Crippen molar-refractivity contribution in [2.45, 2.75) is 13.5 Å². The van der Waals surface area contributed by atoms with Crippen LogP contribution in [-0.2, 0) is 11.3 Å². The van der Waals surface area contributed by atoms with Crippen molar-refractivity contribution in [3.63, 3.8) is 0 Å². The Morgan fingerprint density at radius 1 is 0.907 bits per heavy atom. The average Bonchev–Trinajstić information content (AvgIpc) is 3.46. The van der Waals surface area contributed by atoms with Crippen LogP contribution in [0.25, 0.3) is 16.8 Å². The summed E-state index contributed by atoms with van der Waals surface area (Å²) in [4.78, 5) is 31.9. The highest BCUT2D eigenvalue weighted by Crippen LogP contribution is 2.29. The first-order valence-electron chi connectivity index (χ1n) is 14.1. The van der Waals surface area contributed by atoms with Gasteiger partial charge in [-0.2, -0.15) is 4.98 Å². The highest BCUT2D eigenvalue weighted by Gasteiger charge is 2.20. The van der Waals surface area contributed by atoms with E-state index in [9.17, 15) is 9.59 Å². The molecule has 1 aliphatic heterocycles. The Balaban J connectivity index is 1.13. The van der Waals surface area contributed by atoms with E-state index in [0.717, 1.165) is 16.7 Å². The van der Waals surface area contributed by atoms with Gasteiger partial charge in [-0.25, -0.2) is 4.52 Å². The molecule has 0 radical (unpaired) electrons. The van der Waals surface area contributed by atoms with Gasteiger partial charge in [0.15, 0.2) is 5.65 Å². The number of methoxy groups -OCH3 is 1. The number of nitrogens with zero attached hydrogens (tertiary/aromatic N) is 4. The van der Waals surface area contributed by atoms with E-state index in [1.807, 2.05) is 73.8 Å². The Morgan fingerprint density at radius 3 is 2.37 bits per heavy atom. The summed E-state index contributed by atoms with van der Waals surface area (Å²) >= 11 is 0. The molecule has 0 unspecified atom stereocenters. The lowest BCUT2D eigenvalue weighted by Gasteiger charge is -2.27. The zero-order chi connectivity index (χ0) is 29.8. The monoisotopic (exact) mass is 576 g/mol. The highest BCUT2D eigenvalue weighted by molar-refractivity contribution is 5.96. The second-order valence-electron chi connectivity index (χ2n) is 10.3. The van der Waals surface area contributed by atoms with Crippen LogP contribution in [0.15, 0.2) is 85.1 Å². The molecule has 6 rings (SSSR count). The molecule has 3 heterocycles. The van der Waals surface area contributed by atoms with Crippen LogP contribution < -0.4 is 15.4 Å². The number of amides is 2. The van der Waals surface area contributed by atoms with E-state index < -0.39 is 0 Å². The topological polar surface area (TPSA) is 110 Å². The Morgan fingerprint density at radius 2 is 1.63 bits per heavy atom. The van der Waals surface area contributed by atoms with Gasteiger partial charge >= 0.3 is 0 Å². The van der Waals surface area contributed by atoms with E-state index >= 15 is 0 Å². The lowest BCUT2D eigenvalue weighted by atomic mass is 10.1. The molecule has 2 N–H and O–H groups in total. The zero-order valence-electron chi connectivity index (χ0n) is 24.0. The minimum Gasteiger partial charge on any atom is -0.495 e. The Labute approximate surface area is 249 Å². The predicted octanol–water partition coefficient (Wildman–Crippen LogP) is 4.86. The number of morpholine rings is 1. The molecule has 10 heteroatoms. The van der Waals surface area contributed by atoms with Crippen LogP contribution in [0.3, 0.4) is 0 Å². The number of nitrogens with one attached hydrogen (secondary N) is 2. The first kappa shape index (κ1) is 27.9. The number of carbonyl (C=O) groups is 2. The third kappa shape index (κ3) is 6.34. The fourth-order valence-corrected chi connectivity index (χ4v) is 4.91. The van der Waals surface area contributed by atoms with Gasteiger partial charge in [-0.1, -0.05) is 42.0 Å². The van der Waals surface area contributed by atoms with Gasteiger partial charge in [0.2, 0.25) is 5.95 Å². The minimum atomic E-state index is -0.122. The fraction of sp³-hybridized carbons (Fsp3) is 0.212.